The van der Waals surface area contributed by atoms with Gasteiger partial charge in [0.25, 0.3) is 0 Å². The Kier molecular flexibility index (Phi) is 1.94. The van der Waals surface area contributed by atoms with Crippen molar-refractivity contribution < 1.29 is 0 Å². The molecule has 2 aromatic rings. The second-order valence-electron chi connectivity index (χ2n) is 2.63. The standard InChI is InChI=1S/C8H8N4S/c1-5-4-7(9)12-8(11-5)6-2-3-10-13-6/h2-4H,1H3,(H2,9,11,12). The normalized spacial score (nSPS) is 10.2. The van der Waals surface area contributed by atoms with E-state index in [1.165, 1.54) is 11.5 Å². The van der Waals surface area contributed by atoms with Crippen molar-refractivity contribution in [3.63, 3.8) is 0 Å². The van der Waals surface area contributed by atoms with Crippen molar-refractivity contribution in [2.45, 2.75) is 6.92 Å². The SMILES string of the molecule is Cc1cc(N)nc(-c2ccns2)n1. The molecule has 0 aliphatic carbocycles. The molecule has 2 aromatic heterocycles. The fourth-order valence-corrected chi connectivity index (χ4v) is 1.56. The Bertz CT molecular complexity index is 390. The van der Waals surface area contributed by atoms with Crippen LogP contribution in [0.4, 0.5) is 5.82 Å². The zero-order chi connectivity index (χ0) is 9.26. The summed E-state index contributed by atoms with van der Waals surface area (Å²) in [4.78, 5) is 9.31. The number of aryl methyl sites for hydroxylation is 1. The van der Waals surface area contributed by atoms with Gasteiger partial charge in [0, 0.05) is 18.0 Å². The van der Waals surface area contributed by atoms with E-state index in [4.69, 9.17) is 5.73 Å². The quantitative estimate of drug-likeness (QED) is 0.743. The van der Waals surface area contributed by atoms with Crippen LogP contribution in [0.15, 0.2) is 18.3 Å². The Balaban J connectivity index is 2.53. The lowest BCUT2D eigenvalue weighted by Gasteiger charge is -1.98. The monoisotopic (exact) mass is 192 g/mol. The van der Waals surface area contributed by atoms with E-state index in [0.717, 1.165) is 10.6 Å². The molecule has 5 heteroatoms. The van der Waals surface area contributed by atoms with E-state index < -0.39 is 0 Å². The Labute approximate surface area is 79.6 Å². The van der Waals surface area contributed by atoms with Gasteiger partial charge in [0.1, 0.15) is 5.82 Å². The predicted molar refractivity (Wildman–Crippen MR) is 52.3 cm³/mol. The molecule has 0 radical (unpaired) electrons. The molecule has 0 spiro atoms. The number of rotatable bonds is 1. The molecule has 2 rings (SSSR count). The van der Waals surface area contributed by atoms with Crippen LogP contribution >= 0.6 is 11.5 Å². The molecule has 2 N–H and O–H groups in total. The number of hydrogen-bond acceptors (Lipinski definition) is 5. The first-order valence-electron chi connectivity index (χ1n) is 3.78. The third-order valence-electron chi connectivity index (χ3n) is 1.53. The van der Waals surface area contributed by atoms with Crippen LogP contribution in [0.2, 0.25) is 0 Å². The summed E-state index contributed by atoms with van der Waals surface area (Å²) in [6.07, 6.45) is 1.72. The van der Waals surface area contributed by atoms with Crippen molar-refractivity contribution in [3.05, 3.63) is 24.0 Å². The number of nitrogen functional groups attached to an aromatic ring is 1. The lowest BCUT2D eigenvalue weighted by atomic mass is 10.4. The molecule has 0 atom stereocenters. The zero-order valence-electron chi connectivity index (χ0n) is 7.06. The zero-order valence-corrected chi connectivity index (χ0v) is 7.88. The van der Waals surface area contributed by atoms with Crippen molar-refractivity contribution in [1.82, 2.24) is 14.3 Å². The van der Waals surface area contributed by atoms with E-state index in [2.05, 4.69) is 14.3 Å². The van der Waals surface area contributed by atoms with Crippen molar-refractivity contribution in [3.8, 4) is 10.7 Å². The Morgan fingerprint density at radius 2 is 2.23 bits per heavy atom. The van der Waals surface area contributed by atoms with E-state index in [1.54, 1.807) is 12.3 Å². The van der Waals surface area contributed by atoms with Crippen LogP contribution in [-0.2, 0) is 0 Å². The van der Waals surface area contributed by atoms with Gasteiger partial charge in [0.2, 0.25) is 0 Å². The molecule has 0 aliphatic heterocycles. The summed E-state index contributed by atoms with van der Waals surface area (Å²) in [6.45, 7) is 1.89. The Hall–Kier alpha value is -1.49. The fourth-order valence-electron chi connectivity index (χ4n) is 1.03. The number of nitrogens with two attached hydrogens (primary N) is 1. The van der Waals surface area contributed by atoms with E-state index >= 15 is 0 Å². The maximum absolute atomic E-state index is 5.60. The molecule has 0 aliphatic rings. The Morgan fingerprint density at radius 3 is 2.85 bits per heavy atom. The van der Waals surface area contributed by atoms with Gasteiger partial charge in [-0.05, 0) is 24.5 Å². The molecule has 0 unspecified atom stereocenters. The maximum Gasteiger partial charge on any atom is 0.173 e. The fraction of sp³-hybridized carbons (Fsp3) is 0.125. The third-order valence-corrected chi connectivity index (χ3v) is 2.27. The summed E-state index contributed by atoms with van der Waals surface area (Å²) in [5.41, 5.74) is 6.47. The molecule has 0 saturated heterocycles. The van der Waals surface area contributed by atoms with Gasteiger partial charge in [-0.3, -0.25) is 0 Å². The summed E-state index contributed by atoms with van der Waals surface area (Å²) in [6, 6.07) is 3.61. The number of nitrogens with zero attached hydrogens (tertiary/aromatic N) is 3. The highest BCUT2D eigenvalue weighted by atomic mass is 32.1. The largest absolute Gasteiger partial charge is 0.384 e. The molecular weight excluding hydrogens is 184 g/mol. The highest BCUT2D eigenvalue weighted by Crippen LogP contribution is 2.19. The van der Waals surface area contributed by atoms with Crippen LogP contribution in [0, 0.1) is 6.92 Å². The first-order chi connectivity index (χ1) is 6.25. The number of hydrogen-bond donors (Lipinski definition) is 1. The van der Waals surface area contributed by atoms with Crippen LogP contribution in [-0.4, -0.2) is 14.3 Å². The maximum atomic E-state index is 5.60. The minimum atomic E-state index is 0.496. The van der Waals surface area contributed by atoms with Crippen LogP contribution in [0.5, 0.6) is 0 Å². The molecule has 0 amide bonds. The van der Waals surface area contributed by atoms with Crippen LogP contribution < -0.4 is 5.73 Å². The molecule has 0 fully saturated rings. The summed E-state index contributed by atoms with van der Waals surface area (Å²) >= 11 is 1.36. The van der Waals surface area contributed by atoms with Gasteiger partial charge in [0.15, 0.2) is 5.82 Å². The molecular formula is C8H8N4S. The van der Waals surface area contributed by atoms with E-state index in [0.29, 0.717) is 11.6 Å². The van der Waals surface area contributed by atoms with Gasteiger partial charge in [-0.1, -0.05) is 0 Å². The molecule has 0 aromatic carbocycles. The van der Waals surface area contributed by atoms with Crippen LogP contribution in [0.25, 0.3) is 10.7 Å². The summed E-state index contributed by atoms with van der Waals surface area (Å²) in [5.74, 6) is 1.15. The van der Waals surface area contributed by atoms with Gasteiger partial charge >= 0.3 is 0 Å². The molecule has 0 bridgehead atoms. The van der Waals surface area contributed by atoms with Gasteiger partial charge in [0.05, 0.1) is 4.88 Å². The average Bonchev–Trinajstić information content (AvgIpc) is 2.53. The van der Waals surface area contributed by atoms with Crippen molar-refractivity contribution in [2.75, 3.05) is 5.73 Å². The van der Waals surface area contributed by atoms with E-state index in [-0.39, 0.29) is 0 Å². The topological polar surface area (TPSA) is 64.7 Å². The first-order valence-corrected chi connectivity index (χ1v) is 4.55. The van der Waals surface area contributed by atoms with Crippen molar-refractivity contribution in [2.24, 2.45) is 0 Å². The third kappa shape index (κ3) is 1.65. The second-order valence-corrected chi connectivity index (χ2v) is 3.47. The summed E-state index contributed by atoms with van der Waals surface area (Å²) in [5, 5.41) is 0. The minimum absolute atomic E-state index is 0.496. The molecule has 0 saturated carbocycles. The van der Waals surface area contributed by atoms with Crippen LogP contribution in [0.1, 0.15) is 5.69 Å². The summed E-state index contributed by atoms with van der Waals surface area (Å²) in [7, 11) is 0. The molecule has 4 nitrogen and oxygen atoms in total. The van der Waals surface area contributed by atoms with Crippen molar-refractivity contribution in [1.29, 1.82) is 0 Å². The smallest absolute Gasteiger partial charge is 0.173 e. The van der Waals surface area contributed by atoms with Gasteiger partial charge in [-0.25, -0.2) is 14.3 Å². The molecule has 66 valence electrons. The lowest BCUT2D eigenvalue weighted by molar-refractivity contribution is 1.13. The second kappa shape index (κ2) is 3.10. The minimum Gasteiger partial charge on any atom is -0.384 e. The highest BCUT2D eigenvalue weighted by Gasteiger charge is 2.04. The first kappa shape index (κ1) is 8.12. The number of aromatic nitrogens is 3. The molecule has 2 heterocycles. The predicted octanol–water partition coefficient (Wildman–Crippen LogP) is 1.49. The van der Waals surface area contributed by atoms with Gasteiger partial charge < -0.3 is 5.73 Å². The van der Waals surface area contributed by atoms with Crippen molar-refractivity contribution >= 4 is 17.4 Å². The average molecular weight is 192 g/mol. The molecule has 13 heavy (non-hydrogen) atoms. The highest BCUT2D eigenvalue weighted by molar-refractivity contribution is 7.09. The number of anilines is 1. The van der Waals surface area contributed by atoms with Gasteiger partial charge in [-0.2, -0.15) is 0 Å². The Morgan fingerprint density at radius 1 is 1.38 bits per heavy atom. The van der Waals surface area contributed by atoms with Crippen LogP contribution in [0.3, 0.4) is 0 Å². The van der Waals surface area contributed by atoms with Gasteiger partial charge in [-0.15, -0.1) is 0 Å². The summed E-state index contributed by atoms with van der Waals surface area (Å²) < 4.78 is 3.98. The van der Waals surface area contributed by atoms with E-state index in [9.17, 15) is 0 Å². The van der Waals surface area contributed by atoms with E-state index in [1.807, 2.05) is 13.0 Å². The lowest BCUT2D eigenvalue weighted by Crippen LogP contribution is -1.96.